The summed E-state index contributed by atoms with van der Waals surface area (Å²) in [5, 5.41) is 3.07. The Bertz CT molecular complexity index is 499. The molecular formula is C13H13NOS. The number of carbonyl (C=O) groups is 1. The van der Waals surface area contributed by atoms with Crippen LogP contribution in [-0.2, 0) is 11.2 Å². The fourth-order valence-electron chi connectivity index (χ4n) is 1.54. The zero-order chi connectivity index (χ0) is 11.5. The number of aromatic nitrogens is 1. The van der Waals surface area contributed by atoms with Crippen LogP contribution in [0.3, 0.4) is 0 Å². The minimum Gasteiger partial charge on any atom is -0.300 e. The first kappa shape index (κ1) is 11.0. The summed E-state index contributed by atoms with van der Waals surface area (Å²) in [6.45, 7) is 3.60. The van der Waals surface area contributed by atoms with E-state index in [2.05, 4.69) is 4.98 Å². The monoisotopic (exact) mass is 231 g/mol. The van der Waals surface area contributed by atoms with Crippen molar-refractivity contribution in [3.8, 4) is 10.6 Å². The minimum absolute atomic E-state index is 0.192. The van der Waals surface area contributed by atoms with Gasteiger partial charge >= 0.3 is 0 Å². The smallest absolute Gasteiger partial charge is 0.134 e. The second-order valence-electron chi connectivity index (χ2n) is 3.87. The molecule has 82 valence electrons. The van der Waals surface area contributed by atoms with Crippen LogP contribution in [-0.4, -0.2) is 10.8 Å². The van der Waals surface area contributed by atoms with Gasteiger partial charge in [-0.05, 0) is 19.4 Å². The van der Waals surface area contributed by atoms with E-state index in [4.69, 9.17) is 0 Å². The molecule has 0 aliphatic heterocycles. The third kappa shape index (κ3) is 2.55. The summed E-state index contributed by atoms with van der Waals surface area (Å²) < 4.78 is 0. The van der Waals surface area contributed by atoms with Gasteiger partial charge in [-0.1, -0.05) is 24.3 Å². The number of thiazole rings is 1. The first-order chi connectivity index (χ1) is 7.65. The maximum absolute atomic E-state index is 11.0. The highest BCUT2D eigenvalue weighted by Gasteiger charge is 2.03. The first-order valence-electron chi connectivity index (χ1n) is 5.16. The lowest BCUT2D eigenvalue weighted by Crippen LogP contribution is -1.95. The molecule has 1 heterocycles. The van der Waals surface area contributed by atoms with Crippen LogP contribution >= 0.6 is 11.3 Å². The number of hydrogen-bond acceptors (Lipinski definition) is 3. The van der Waals surface area contributed by atoms with E-state index in [0.29, 0.717) is 6.42 Å². The van der Waals surface area contributed by atoms with Gasteiger partial charge in [-0.2, -0.15) is 0 Å². The van der Waals surface area contributed by atoms with Gasteiger partial charge < -0.3 is 0 Å². The van der Waals surface area contributed by atoms with Crippen molar-refractivity contribution in [1.82, 2.24) is 4.98 Å². The zero-order valence-corrected chi connectivity index (χ0v) is 10.2. The second-order valence-corrected chi connectivity index (χ2v) is 4.73. The van der Waals surface area contributed by atoms with Gasteiger partial charge in [0.15, 0.2) is 0 Å². The largest absolute Gasteiger partial charge is 0.300 e. The summed E-state index contributed by atoms with van der Waals surface area (Å²) in [6, 6.07) is 8.04. The summed E-state index contributed by atoms with van der Waals surface area (Å²) in [5.74, 6) is 0.192. The number of carbonyl (C=O) groups excluding carboxylic acids is 1. The van der Waals surface area contributed by atoms with Crippen molar-refractivity contribution in [2.75, 3.05) is 0 Å². The van der Waals surface area contributed by atoms with E-state index in [9.17, 15) is 4.79 Å². The van der Waals surface area contributed by atoms with Crippen molar-refractivity contribution in [2.45, 2.75) is 20.3 Å². The molecule has 0 fully saturated rings. The second kappa shape index (κ2) is 4.58. The molecule has 2 rings (SSSR count). The number of benzene rings is 1. The predicted octanol–water partition coefficient (Wildman–Crippen LogP) is 3.25. The standard InChI is InChI=1S/C13H13NOS/c1-9-8-16-13(14-9)12-5-3-11(4-6-12)7-10(2)15/h3-6,8H,7H2,1-2H3. The lowest BCUT2D eigenvalue weighted by molar-refractivity contribution is -0.116. The Morgan fingerprint density at radius 2 is 2.00 bits per heavy atom. The third-order valence-electron chi connectivity index (χ3n) is 2.27. The van der Waals surface area contributed by atoms with Gasteiger partial charge in [0.05, 0.1) is 0 Å². The zero-order valence-electron chi connectivity index (χ0n) is 9.36. The molecule has 3 heteroatoms. The van der Waals surface area contributed by atoms with E-state index in [0.717, 1.165) is 21.8 Å². The molecule has 16 heavy (non-hydrogen) atoms. The molecule has 0 aliphatic carbocycles. The quantitative estimate of drug-likeness (QED) is 0.811. The van der Waals surface area contributed by atoms with E-state index in [1.165, 1.54) is 0 Å². The van der Waals surface area contributed by atoms with E-state index in [1.807, 2.05) is 36.6 Å². The van der Waals surface area contributed by atoms with Gasteiger partial charge in [-0.3, -0.25) is 4.79 Å². The molecule has 1 aromatic heterocycles. The number of ketones is 1. The minimum atomic E-state index is 0.192. The van der Waals surface area contributed by atoms with Crippen LogP contribution in [0.2, 0.25) is 0 Å². The molecule has 0 saturated carbocycles. The van der Waals surface area contributed by atoms with Gasteiger partial charge in [0.25, 0.3) is 0 Å². The molecular weight excluding hydrogens is 218 g/mol. The number of rotatable bonds is 3. The van der Waals surface area contributed by atoms with Crippen LogP contribution in [0.1, 0.15) is 18.2 Å². The third-order valence-corrected chi connectivity index (χ3v) is 3.28. The highest BCUT2D eigenvalue weighted by molar-refractivity contribution is 7.13. The molecule has 0 bridgehead atoms. The Balaban J connectivity index is 2.22. The molecule has 0 spiro atoms. The maximum atomic E-state index is 11.0. The van der Waals surface area contributed by atoms with Crippen LogP contribution < -0.4 is 0 Å². The molecule has 0 N–H and O–H groups in total. The van der Waals surface area contributed by atoms with Gasteiger partial charge in [0.2, 0.25) is 0 Å². The van der Waals surface area contributed by atoms with E-state index in [1.54, 1.807) is 18.3 Å². The molecule has 1 aromatic carbocycles. The molecule has 0 atom stereocenters. The first-order valence-corrected chi connectivity index (χ1v) is 6.04. The lowest BCUT2D eigenvalue weighted by Gasteiger charge is -1.99. The molecule has 2 aromatic rings. The Kier molecular flexibility index (Phi) is 3.15. The van der Waals surface area contributed by atoms with Gasteiger partial charge in [-0.15, -0.1) is 11.3 Å². The average Bonchev–Trinajstić information content (AvgIpc) is 2.65. The Morgan fingerprint density at radius 3 is 2.50 bits per heavy atom. The molecule has 0 aliphatic rings. The van der Waals surface area contributed by atoms with Crippen molar-refractivity contribution in [3.05, 3.63) is 40.9 Å². The van der Waals surface area contributed by atoms with E-state index in [-0.39, 0.29) is 5.78 Å². The van der Waals surface area contributed by atoms with Gasteiger partial charge in [0.1, 0.15) is 10.8 Å². The molecule has 0 unspecified atom stereocenters. The van der Waals surface area contributed by atoms with Crippen molar-refractivity contribution in [2.24, 2.45) is 0 Å². The molecule has 0 radical (unpaired) electrons. The summed E-state index contributed by atoms with van der Waals surface area (Å²) in [5.41, 5.74) is 3.22. The van der Waals surface area contributed by atoms with Crippen molar-refractivity contribution < 1.29 is 4.79 Å². The highest BCUT2D eigenvalue weighted by Crippen LogP contribution is 2.23. The summed E-state index contributed by atoms with van der Waals surface area (Å²) >= 11 is 1.64. The number of aryl methyl sites for hydroxylation is 1. The highest BCUT2D eigenvalue weighted by atomic mass is 32.1. The Labute approximate surface area is 99.0 Å². The van der Waals surface area contributed by atoms with Crippen LogP contribution in [0.25, 0.3) is 10.6 Å². The van der Waals surface area contributed by atoms with E-state index >= 15 is 0 Å². The number of hydrogen-bond donors (Lipinski definition) is 0. The van der Waals surface area contributed by atoms with Crippen molar-refractivity contribution >= 4 is 17.1 Å². The van der Waals surface area contributed by atoms with Crippen LogP contribution in [0, 0.1) is 6.92 Å². The summed E-state index contributed by atoms with van der Waals surface area (Å²) in [4.78, 5) is 15.4. The Hall–Kier alpha value is -1.48. The summed E-state index contributed by atoms with van der Waals surface area (Å²) in [7, 11) is 0. The predicted molar refractivity (Wildman–Crippen MR) is 66.7 cm³/mol. The fraction of sp³-hybridized carbons (Fsp3) is 0.231. The summed E-state index contributed by atoms with van der Waals surface area (Å²) in [6.07, 6.45) is 0.511. The topological polar surface area (TPSA) is 30.0 Å². The lowest BCUT2D eigenvalue weighted by atomic mass is 10.1. The number of Topliss-reactive ketones (excluding diaryl/α,β-unsaturated/α-hetero) is 1. The van der Waals surface area contributed by atoms with Crippen molar-refractivity contribution in [3.63, 3.8) is 0 Å². The fourth-order valence-corrected chi connectivity index (χ4v) is 2.34. The SMILES string of the molecule is CC(=O)Cc1ccc(-c2nc(C)cs2)cc1. The van der Waals surface area contributed by atoms with Crippen molar-refractivity contribution in [1.29, 1.82) is 0 Å². The average molecular weight is 231 g/mol. The normalized spacial score (nSPS) is 10.4. The van der Waals surface area contributed by atoms with Gasteiger partial charge in [-0.25, -0.2) is 4.98 Å². The molecule has 2 nitrogen and oxygen atoms in total. The van der Waals surface area contributed by atoms with Crippen LogP contribution in [0.4, 0.5) is 0 Å². The molecule has 0 saturated heterocycles. The van der Waals surface area contributed by atoms with Gasteiger partial charge in [0, 0.05) is 23.1 Å². The Morgan fingerprint density at radius 1 is 1.31 bits per heavy atom. The van der Waals surface area contributed by atoms with E-state index < -0.39 is 0 Å². The number of nitrogens with zero attached hydrogens (tertiary/aromatic N) is 1. The van der Waals surface area contributed by atoms with Crippen LogP contribution in [0.5, 0.6) is 0 Å². The van der Waals surface area contributed by atoms with Crippen LogP contribution in [0.15, 0.2) is 29.6 Å². The molecule has 0 amide bonds. The maximum Gasteiger partial charge on any atom is 0.134 e.